The summed E-state index contributed by atoms with van der Waals surface area (Å²) >= 11 is 1.40. The quantitative estimate of drug-likeness (QED) is 0.797. The highest BCUT2D eigenvalue weighted by Crippen LogP contribution is 2.23. The van der Waals surface area contributed by atoms with E-state index in [0.717, 1.165) is 21.9 Å². The molecular weight excluding hydrogens is 240 g/mol. The van der Waals surface area contributed by atoms with E-state index in [-0.39, 0.29) is 6.42 Å². The normalized spacial score (nSPS) is 10.6. The van der Waals surface area contributed by atoms with Crippen LogP contribution in [-0.4, -0.2) is 33.9 Å². The van der Waals surface area contributed by atoms with E-state index in [1.165, 1.54) is 11.8 Å². The second-order valence-corrected chi connectivity index (χ2v) is 4.50. The molecule has 0 aliphatic rings. The number of H-pyrrole nitrogens is 1. The van der Waals surface area contributed by atoms with Gasteiger partial charge in [-0.25, -0.2) is 4.98 Å². The molecule has 90 valence electrons. The number of aromatic nitrogens is 2. The van der Waals surface area contributed by atoms with Crippen molar-refractivity contribution in [3.05, 3.63) is 18.2 Å². The highest BCUT2D eigenvalue weighted by Gasteiger charge is 2.05. The van der Waals surface area contributed by atoms with Gasteiger partial charge in [0.25, 0.3) is 0 Å². The van der Waals surface area contributed by atoms with Gasteiger partial charge in [-0.2, -0.15) is 0 Å². The van der Waals surface area contributed by atoms with E-state index in [9.17, 15) is 4.79 Å². The van der Waals surface area contributed by atoms with E-state index in [2.05, 4.69) is 9.97 Å². The van der Waals surface area contributed by atoms with Crippen LogP contribution in [0.2, 0.25) is 0 Å². The van der Waals surface area contributed by atoms with Crippen LogP contribution in [0, 0.1) is 0 Å². The van der Waals surface area contributed by atoms with Gasteiger partial charge >= 0.3 is 5.97 Å². The Kier molecular flexibility index (Phi) is 3.53. The van der Waals surface area contributed by atoms with E-state index < -0.39 is 5.97 Å². The fraction of sp³-hybridized carbons (Fsp3) is 0.273. The molecule has 1 aromatic heterocycles. The number of carboxylic acid groups (broad SMARTS) is 1. The second kappa shape index (κ2) is 5.09. The van der Waals surface area contributed by atoms with E-state index >= 15 is 0 Å². The van der Waals surface area contributed by atoms with Crippen LogP contribution < -0.4 is 4.74 Å². The van der Waals surface area contributed by atoms with Crippen LogP contribution in [0.15, 0.2) is 23.4 Å². The number of aromatic amines is 1. The molecule has 0 atom stereocenters. The highest BCUT2D eigenvalue weighted by atomic mass is 32.2. The average molecular weight is 252 g/mol. The number of carbonyl (C=O) groups is 1. The van der Waals surface area contributed by atoms with Gasteiger partial charge in [0.2, 0.25) is 0 Å². The Labute approximate surface area is 102 Å². The molecule has 0 unspecified atom stereocenters. The molecule has 0 fully saturated rings. The molecule has 0 saturated carbocycles. The molecule has 6 heteroatoms. The number of fused-ring (bicyclic) bond motifs is 1. The number of ether oxygens (including phenoxy) is 1. The number of aliphatic carboxylic acids is 1. The van der Waals surface area contributed by atoms with E-state index in [0.29, 0.717) is 5.75 Å². The van der Waals surface area contributed by atoms with Crippen molar-refractivity contribution < 1.29 is 14.6 Å². The number of nitrogens with one attached hydrogen (secondary N) is 1. The Morgan fingerprint density at radius 2 is 2.41 bits per heavy atom. The first-order chi connectivity index (χ1) is 8.19. The van der Waals surface area contributed by atoms with Crippen LogP contribution in [0.25, 0.3) is 11.0 Å². The van der Waals surface area contributed by atoms with Gasteiger partial charge < -0.3 is 14.8 Å². The SMILES string of the molecule is COc1ccc2nc(SCCC(=O)O)[nH]c2c1. The number of thioether (sulfide) groups is 1. The minimum Gasteiger partial charge on any atom is -0.497 e. The van der Waals surface area contributed by atoms with E-state index in [1.807, 2.05) is 18.2 Å². The van der Waals surface area contributed by atoms with Crippen molar-refractivity contribution in [2.24, 2.45) is 0 Å². The Morgan fingerprint density at radius 3 is 3.12 bits per heavy atom. The van der Waals surface area contributed by atoms with Crippen molar-refractivity contribution >= 4 is 28.8 Å². The zero-order chi connectivity index (χ0) is 12.3. The lowest BCUT2D eigenvalue weighted by atomic mass is 10.3. The lowest BCUT2D eigenvalue weighted by Crippen LogP contribution is -1.95. The number of nitrogens with zero attached hydrogens (tertiary/aromatic N) is 1. The van der Waals surface area contributed by atoms with Crippen LogP contribution in [0.5, 0.6) is 5.75 Å². The largest absolute Gasteiger partial charge is 0.497 e. The minimum atomic E-state index is -0.796. The summed E-state index contributed by atoms with van der Waals surface area (Å²) in [6.45, 7) is 0. The van der Waals surface area contributed by atoms with Crippen molar-refractivity contribution in [2.75, 3.05) is 12.9 Å². The maximum atomic E-state index is 10.4. The van der Waals surface area contributed by atoms with Crippen LogP contribution in [0.1, 0.15) is 6.42 Å². The molecule has 0 saturated heterocycles. The smallest absolute Gasteiger partial charge is 0.304 e. The zero-order valence-electron chi connectivity index (χ0n) is 9.27. The second-order valence-electron chi connectivity index (χ2n) is 3.42. The summed E-state index contributed by atoms with van der Waals surface area (Å²) in [5.41, 5.74) is 1.74. The van der Waals surface area contributed by atoms with Gasteiger partial charge in [0, 0.05) is 11.8 Å². The van der Waals surface area contributed by atoms with Crippen LogP contribution in [0.3, 0.4) is 0 Å². The van der Waals surface area contributed by atoms with Gasteiger partial charge in [-0.15, -0.1) is 0 Å². The number of hydrogen-bond donors (Lipinski definition) is 2. The van der Waals surface area contributed by atoms with Crippen LogP contribution in [-0.2, 0) is 4.79 Å². The summed E-state index contributed by atoms with van der Waals surface area (Å²) in [6.07, 6.45) is 0.130. The Bertz CT molecular complexity index is 538. The van der Waals surface area contributed by atoms with Crippen molar-refractivity contribution in [1.82, 2.24) is 9.97 Å². The number of rotatable bonds is 5. The molecule has 1 aromatic carbocycles. The third kappa shape index (κ3) is 2.91. The third-order valence-electron chi connectivity index (χ3n) is 2.22. The first kappa shape index (κ1) is 11.8. The summed E-state index contributed by atoms with van der Waals surface area (Å²) in [4.78, 5) is 17.9. The number of imidazole rings is 1. The molecule has 5 nitrogen and oxygen atoms in total. The monoisotopic (exact) mass is 252 g/mol. The number of benzene rings is 1. The molecular formula is C11H12N2O3S. The van der Waals surface area contributed by atoms with Gasteiger partial charge in [-0.1, -0.05) is 11.8 Å². The van der Waals surface area contributed by atoms with Crippen molar-refractivity contribution in [3.63, 3.8) is 0 Å². The topological polar surface area (TPSA) is 75.2 Å². The molecule has 1 heterocycles. The van der Waals surface area contributed by atoms with Gasteiger partial charge in [0.1, 0.15) is 5.75 Å². The molecule has 0 amide bonds. The highest BCUT2D eigenvalue weighted by molar-refractivity contribution is 7.99. The van der Waals surface area contributed by atoms with Gasteiger partial charge in [-0.3, -0.25) is 4.79 Å². The van der Waals surface area contributed by atoms with Gasteiger partial charge in [0.05, 0.1) is 24.6 Å². The Balaban J connectivity index is 2.11. The first-order valence-corrected chi connectivity index (χ1v) is 6.06. The minimum absolute atomic E-state index is 0.130. The van der Waals surface area contributed by atoms with E-state index in [1.54, 1.807) is 7.11 Å². The Morgan fingerprint density at radius 1 is 1.59 bits per heavy atom. The number of carboxylic acids is 1. The van der Waals surface area contributed by atoms with Crippen molar-refractivity contribution in [1.29, 1.82) is 0 Å². The number of methoxy groups -OCH3 is 1. The standard InChI is InChI=1S/C11H12N2O3S/c1-16-7-2-3-8-9(6-7)13-11(12-8)17-5-4-10(14)15/h2-3,6H,4-5H2,1H3,(H,12,13)(H,14,15). The summed E-state index contributed by atoms with van der Waals surface area (Å²) in [5.74, 6) is 0.477. The summed E-state index contributed by atoms with van der Waals surface area (Å²) in [6, 6.07) is 5.57. The molecule has 17 heavy (non-hydrogen) atoms. The Hall–Kier alpha value is -1.69. The fourth-order valence-electron chi connectivity index (χ4n) is 1.40. The molecule has 2 rings (SSSR count). The first-order valence-electron chi connectivity index (χ1n) is 5.07. The molecule has 0 aliphatic heterocycles. The van der Waals surface area contributed by atoms with E-state index in [4.69, 9.17) is 9.84 Å². The molecule has 2 N–H and O–H groups in total. The molecule has 0 bridgehead atoms. The predicted molar refractivity (Wildman–Crippen MR) is 65.6 cm³/mol. The lowest BCUT2D eigenvalue weighted by molar-refractivity contribution is -0.136. The van der Waals surface area contributed by atoms with Gasteiger partial charge in [-0.05, 0) is 12.1 Å². The molecule has 0 spiro atoms. The molecule has 0 aliphatic carbocycles. The van der Waals surface area contributed by atoms with Crippen molar-refractivity contribution in [2.45, 2.75) is 11.6 Å². The third-order valence-corrected chi connectivity index (χ3v) is 3.10. The lowest BCUT2D eigenvalue weighted by Gasteiger charge is -1.96. The van der Waals surface area contributed by atoms with Crippen LogP contribution >= 0.6 is 11.8 Å². The summed E-state index contributed by atoms with van der Waals surface area (Å²) in [7, 11) is 1.61. The zero-order valence-corrected chi connectivity index (χ0v) is 10.1. The maximum Gasteiger partial charge on any atom is 0.304 e. The number of hydrogen-bond acceptors (Lipinski definition) is 4. The summed E-state index contributed by atoms with van der Waals surface area (Å²) in [5, 5.41) is 9.27. The average Bonchev–Trinajstić information content (AvgIpc) is 2.69. The maximum absolute atomic E-state index is 10.4. The van der Waals surface area contributed by atoms with Crippen molar-refractivity contribution in [3.8, 4) is 5.75 Å². The molecule has 2 aromatic rings. The summed E-state index contributed by atoms with van der Waals surface area (Å²) < 4.78 is 5.11. The van der Waals surface area contributed by atoms with Crippen LogP contribution in [0.4, 0.5) is 0 Å². The van der Waals surface area contributed by atoms with Gasteiger partial charge in [0.15, 0.2) is 5.16 Å². The fourth-order valence-corrected chi connectivity index (χ4v) is 2.21. The predicted octanol–water partition coefficient (Wildman–Crippen LogP) is 2.14. The molecule has 0 radical (unpaired) electrons.